The molecule has 0 aliphatic carbocycles. The lowest BCUT2D eigenvalue weighted by Gasteiger charge is -2.07. The van der Waals surface area contributed by atoms with E-state index < -0.39 is 9.84 Å². The molecule has 4 rings (SSSR count). The molecule has 0 atom stereocenters. The minimum atomic E-state index is -4.01. The quantitative estimate of drug-likeness (QED) is 0.300. The summed E-state index contributed by atoms with van der Waals surface area (Å²) in [5, 5.41) is 14.8. The molecule has 0 fully saturated rings. The fourth-order valence-corrected chi connectivity index (χ4v) is 4.80. The standard InChI is InChI=1S/C26H20ClN3O3S/c1-2-33-25-14-13-19(16-24(25)27)26-20(18-30(29-26)21-9-5-3-6-10-21)15-23(17-28)34(31,32)22-11-7-4-8-12-22/h3-16,18H,2H2,1H3/b23-15-. The van der Waals surface area contributed by atoms with Gasteiger partial charge in [-0.05, 0) is 55.5 Å². The third kappa shape index (κ3) is 4.74. The van der Waals surface area contributed by atoms with Gasteiger partial charge >= 0.3 is 0 Å². The SMILES string of the molecule is CCOc1ccc(-c2nn(-c3ccccc3)cc2/C=C(/C#N)S(=O)(=O)c2ccccc2)cc1Cl. The maximum Gasteiger partial charge on any atom is 0.216 e. The van der Waals surface area contributed by atoms with Gasteiger partial charge in [0.05, 0.1) is 22.2 Å². The number of aromatic nitrogens is 2. The highest BCUT2D eigenvalue weighted by atomic mass is 35.5. The molecule has 0 aliphatic heterocycles. The van der Waals surface area contributed by atoms with E-state index >= 15 is 0 Å². The van der Waals surface area contributed by atoms with Crippen LogP contribution in [0.1, 0.15) is 12.5 Å². The van der Waals surface area contributed by atoms with E-state index in [0.29, 0.717) is 34.2 Å². The summed E-state index contributed by atoms with van der Waals surface area (Å²) in [6.45, 7) is 2.34. The predicted octanol–water partition coefficient (Wildman–Crippen LogP) is 5.93. The first kappa shape index (κ1) is 23.3. The molecule has 0 amide bonds. The highest BCUT2D eigenvalue weighted by Gasteiger charge is 2.22. The summed E-state index contributed by atoms with van der Waals surface area (Å²) >= 11 is 6.40. The summed E-state index contributed by atoms with van der Waals surface area (Å²) in [5.74, 6) is 0.539. The van der Waals surface area contributed by atoms with E-state index in [1.165, 1.54) is 18.2 Å². The van der Waals surface area contributed by atoms with Gasteiger partial charge in [0.2, 0.25) is 9.84 Å². The normalized spacial score (nSPS) is 11.7. The third-order valence-corrected chi connectivity index (χ3v) is 6.98. The Balaban J connectivity index is 1.88. The van der Waals surface area contributed by atoms with Crippen molar-refractivity contribution >= 4 is 27.5 Å². The molecule has 6 nitrogen and oxygen atoms in total. The molecule has 0 saturated heterocycles. The van der Waals surface area contributed by atoms with Crippen LogP contribution in [0.3, 0.4) is 0 Å². The molecule has 1 heterocycles. The average Bonchev–Trinajstić information content (AvgIpc) is 3.29. The first-order chi connectivity index (χ1) is 16.4. The first-order valence-corrected chi connectivity index (χ1v) is 12.3. The summed E-state index contributed by atoms with van der Waals surface area (Å²) in [7, 11) is -4.01. The first-order valence-electron chi connectivity index (χ1n) is 10.4. The Hall–Kier alpha value is -3.86. The lowest BCUT2D eigenvalue weighted by molar-refractivity contribution is 0.340. The Morgan fingerprint density at radius 1 is 1.09 bits per heavy atom. The van der Waals surface area contributed by atoms with Crippen LogP contribution in [-0.2, 0) is 9.84 Å². The van der Waals surface area contributed by atoms with Crippen molar-refractivity contribution < 1.29 is 13.2 Å². The van der Waals surface area contributed by atoms with Gasteiger partial charge < -0.3 is 4.74 Å². The van der Waals surface area contributed by atoms with Gasteiger partial charge in [-0.2, -0.15) is 10.4 Å². The van der Waals surface area contributed by atoms with Crippen LogP contribution < -0.4 is 4.74 Å². The van der Waals surface area contributed by atoms with E-state index in [2.05, 4.69) is 5.10 Å². The van der Waals surface area contributed by atoms with Crippen LogP contribution in [0.2, 0.25) is 5.02 Å². The van der Waals surface area contributed by atoms with E-state index in [0.717, 1.165) is 5.69 Å². The van der Waals surface area contributed by atoms with Gasteiger partial charge in [-0.3, -0.25) is 0 Å². The van der Waals surface area contributed by atoms with E-state index in [-0.39, 0.29) is 9.80 Å². The van der Waals surface area contributed by atoms with Crippen LogP contribution >= 0.6 is 11.6 Å². The molecule has 34 heavy (non-hydrogen) atoms. The van der Waals surface area contributed by atoms with Crippen LogP contribution in [0, 0.1) is 11.3 Å². The number of nitriles is 1. The topological polar surface area (TPSA) is 85.0 Å². The number of nitrogens with zero attached hydrogens (tertiary/aromatic N) is 3. The molecule has 0 radical (unpaired) electrons. The van der Waals surface area contributed by atoms with Crippen LogP contribution in [0.5, 0.6) is 5.75 Å². The number of rotatable bonds is 7. The summed E-state index contributed by atoms with van der Waals surface area (Å²) < 4.78 is 33.4. The molecule has 3 aromatic carbocycles. The molecule has 1 aromatic heterocycles. The fraction of sp³-hybridized carbons (Fsp3) is 0.0769. The maximum absolute atomic E-state index is 13.1. The number of hydrogen-bond acceptors (Lipinski definition) is 5. The number of sulfone groups is 1. The largest absolute Gasteiger partial charge is 0.492 e. The highest BCUT2D eigenvalue weighted by molar-refractivity contribution is 7.95. The summed E-state index contributed by atoms with van der Waals surface area (Å²) in [4.78, 5) is -0.339. The van der Waals surface area contributed by atoms with Crippen molar-refractivity contribution in [3.63, 3.8) is 0 Å². The summed E-state index contributed by atoms with van der Waals surface area (Å²) in [6, 6.07) is 24.3. The number of ether oxygens (including phenoxy) is 1. The zero-order valence-electron chi connectivity index (χ0n) is 18.2. The van der Waals surface area contributed by atoms with Gasteiger partial charge in [-0.25, -0.2) is 13.1 Å². The molecule has 0 spiro atoms. The lowest BCUT2D eigenvalue weighted by Crippen LogP contribution is -2.03. The average molecular weight is 490 g/mol. The maximum atomic E-state index is 13.1. The third-order valence-electron chi connectivity index (χ3n) is 5.01. The van der Waals surface area contributed by atoms with Crippen molar-refractivity contribution in [2.75, 3.05) is 6.61 Å². The molecule has 0 aliphatic rings. The van der Waals surface area contributed by atoms with Crippen molar-refractivity contribution in [3.8, 4) is 28.8 Å². The summed E-state index contributed by atoms with van der Waals surface area (Å²) in [6.07, 6.45) is 3.03. The Bertz CT molecular complexity index is 1490. The number of hydrogen-bond donors (Lipinski definition) is 0. The molecule has 170 valence electrons. The van der Waals surface area contributed by atoms with E-state index in [1.54, 1.807) is 47.3 Å². The van der Waals surface area contributed by atoms with Crippen LogP contribution in [-0.4, -0.2) is 24.8 Å². The van der Waals surface area contributed by atoms with Crippen molar-refractivity contribution in [2.24, 2.45) is 0 Å². The Labute approximate surface area is 203 Å². The summed E-state index contributed by atoms with van der Waals surface area (Å²) in [5.41, 5.74) is 2.37. The van der Waals surface area contributed by atoms with Crippen LogP contribution in [0.25, 0.3) is 23.0 Å². The molecule has 4 aromatic rings. The second kappa shape index (κ2) is 9.96. The van der Waals surface area contributed by atoms with Gasteiger partial charge in [0.15, 0.2) is 0 Å². The highest BCUT2D eigenvalue weighted by Crippen LogP contribution is 2.33. The molecule has 0 N–H and O–H groups in total. The zero-order chi connectivity index (χ0) is 24.1. The van der Waals surface area contributed by atoms with Crippen LogP contribution in [0.15, 0.2) is 94.9 Å². The monoisotopic (exact) mass is 489 g/mol. The molecule has 0 unspecified atom stereocenters. The van der Waals surface area contributed by atoms with E-state index in [1.807, 2.05) is 43.3 Å². The number of benzene rings is 3. The number of halogens is 1. The van der Waals surface area contributed by atoms with Gasteiger partial charge in [0, 0.05) is 17.3 Å². The second-order valence-electron chi connectivity index (χ2n) is 7.23. The van der Waals surface area contributed by atoms with Gasteiger partial charge in [-0.15, -0.1) is 0 Å². The number of allylic oxidation sites excluding steroid dienone is 1. The zero-order valence-corrected chi connectivity index (χ0v) is 19.8. The van der Waals surface area contributed by atoms with Gasteiger partial charge in [0.1, 0.15) is 22.4 Å². The van der Waals surface area contributed by atoms with E-state index in [4.69, 9.17) is 16.3 Å². The Kier molecular flexibility index (Phi) is 6.82. The van der Waals surface area contributed by atoms with Crippen molar-refractivity contribution in [2.45, 2.75) is 11.8 Å². The molecular weight excluding hydrogens is 470 g/mol. The van der Waals surface area contributed by atoms with Gasteiger partial charge in [-0.1, -0.05) is 48.0 Å². The minimum Gasteiger partial charge on any atom is -0.492 e. The Morgan fingerprint density at radius 2 is 1.76 bits per heavy atom. The van der Waals surface area contributed by atoms with E-state index in [9.17, 15) is 13.7 Å². The second-order valence-corrected chi connectivity index (χ2v) is 9.55. The van der Waals surface area contributed by atoms with Crippen LogP contribution in [0.4, 0.5) is 0 Å². The smallest absolute Gasteiger partial charge is 0.216 e. The lowest BCUT2D eigenvalue weighted by atomic mass is 10.1. The van der Waals surface area contributed by atoms with Crippen molar-refractivity contribution in [1.29, 1.82) is 5.26 Å². The molecular formula is C26H20ClN3O3S. The van der Waals surface area contributed by atoms with Crippen molar-refractivity contribution in [1.82, 2.24) is 9.78 Å². The predicted molar refractivity (Wildman–Crippen MR) is 132 cm³/mol. The van der Waals surface area contributed by atoms with Gasteiger partial charge in [0.25, 0.3) is 0 Å². The van der Waals surface area contributed by atoms with Crippen molar-refractivity contribution in [3.05, 3.63) is 101 Å². The minimum absolute atomic E-state index is 0.0453. The molecule has 0 saturated carbocycles. The molecule has 8 heteroatoms. The Morgan fingerprint density at radius 3 is 2.38 bits per heavy atom. The molecule has 0 bridgehead atoms. The fourth-order valence-electron chi connectivity index (χ4n) is 3.39. The number of para-hydroxylation sites is 1.